The van der Waals surface area contributed by atoms with E-state index in [0.29, 0.717) is 5.69 Å². The van der Waals surface area contributed by atoms with Crippen LogP contribution in [0.4, 0.5) is 18.9 Å². The van der Waals surface area contributed by atoms with Gasteiger partial charge in [0.15, 0.2) is 0 Å². The lowest BCUT2D eigenvalue weighted by Crippen LogP contribution is -2.21. The number of fused-ring (bicyclic) bond motifs is 3. The van der Waals surface area contributed by atoms with Gasteiger partial charge in [0.25, 0.3) is 5.56 Å². The lowest BCUT2D eigenvalue weighted by Gasteiger charge is -2.14. The van der Waals surface area contributed by atoms with E-state index in [2.05, 4.69) is 15.0 Å². The summed E-state index contributed by atoms with van der Waals surface area (Å²) in [4.78, 5) is 23.3. The lowest BCUT2D eigenvalue weighted by atomic mass is 10.2. The van der Waals surface area contributed by atoms with Crippen LogP contribution in [0.1, 0.15) is 5.69 Å². The van der Waals surface area contributed by atoms with Crippen molar-refractivity contribution in [2.24, 2.45) is 0 Å². The quantitative estimate of drug-likeness (QED) is 0.495. The number of hydrogen-bond donors (Lipinski definition) is 2. The fraction of sp³-hybridized carbons (Fsp3) is 0.0625. The highest BCUT2D eigenvalue weighted by atomic mass is 35.5. The summed E-state index contributed by atoms with van der Waals surface area (Å²) in [5, 5.41) is 0.383. The predicted molar refractivity (Wildman–Crippen MR) is 91.4 cm³/mol. The first-order valence-corrected chi connectivity index (χ1v) is 7.66. The van der Waals surface area contributed by atoms with Crippen LogP contribution in [0.15, 0.2) is 41.5 Å². The summed E-state index contributed by atoms with van der Waals surface area (Å²) in [6.45, 7) is 0. The van der Waals surface area contributed by atoms with Crippen molar-refractivity contribution in [2.45, 2.75) is 6.18 Å². The van der Waals surface area contributed by atoms with Gasteiger partial charge >= 0.3 is 6.18 Å². The summed E-state index contributed by atoms with van der Waals surface area (Å²) in [5.41, 5.74) is 4.59. The van der Waals surface area contributed by atoms with Gasteiger partial charge in [0, 0.05) is 11.1 Å². The summed E-state index contributed by atoms with van der Waals surface area (Å²) in [6.07, 6.45) is -3.38. The Hall–Kier alpha value is -3.07. The van der Waals surface area contributed by atoms with Crippen molar-refractivity contribution in [3.63, 3.8) is 0 Å². The van der Waals surface area contributed by atoms with Crippen molar-refractivity contribution >= 4 is 39.4 Å². The first kappa shape index (κ1) is 16.4. The Morgan fingerprint density at radius 2 is 1.96 bits per heavy atom. The number of alkyl halides is 3. The van der Waals surface area contributed by atoms with Gasteiger partial charge in [0.2, 0.25) is 0 Å². The Kier molecular flexibility index (Phi) is 3.45. The molecule has 0 atom stereocenters. The molecule has 4 rings (SSSR count). The maximum Gasteiger partial charge on any atom is 0.433 e. The molecule has 0 bridgehead atoms. The van der Waals surface area contributed by atoms with Gasteiger partial charge in [-0.05, 0) is 30.3 Å². The normalized spacial score (nSPS) is 12.2. The Morgan fingerprint density at radius 1 is 1.19 bits per heavy atom. The summed E-state index contributed by atoms with van der Waals surface area (Å²) in [6, 6.07) is 6.41. The van der Waals surface area contributed by atoms with Crippen LogP contribution in [0.2, 0.25) is 5.02 Å². The largest absolute Gasteiger partial charge is 0.433 e. The number of halogens is 4. The minimum atomic E-state index is -4.67. The molecule has 0 aliphatic carbocycles. The van der Waals surface area contributed by atoms with E-state index < -0.39 is 17.4 Å². The number of rotatable bonds is 1. The van der Waals surface area contributed by atoms with Crippen LogP contribution in [0.3, 0.4) is 0 Å². The number of imidazole rings is 1. The zero-order valence-corrected chi connectivity index (χ0v) is 13.6. The van der Waals surface area contributed by atoms with Crippen LogP contribution in [0, 0.1) is 0 Å². The molecule has 0 spiro atoms. The summed E-state index contributed by atoms with van der Waals surface area (Å²) in [7, 11) is 0. The molecule has 0 aliphatic heterocycles. The van der Waals surface area contributed by atoms with Crippen molar-refractivity contribution in [3.8, 4) is 5.69 Å². The second-order valence-electron chi connectivity index (χ2n) is 5.54. The molecule has 0 amide bonds. The summed E-state index contributed by atoms with van der Waals surface area (Å²) in [5.74, 6) is 0. The van der Waals surface area contributed by atoms with Crippen molar-refractivity contribution in [3.05, 3.63) is 57.7 Å². The van der Waals surface area contributed by atoms with Gasteiger partial charge in [-0.25, -0.2) is 9.97 Å². The SMILES string of the molecule is Nc1ccc(-n2c(=O)c3[nH]cnc3c3ccc(C(F)(F)F)nc32)c(Cl)c1. The maximum atomic E-state index is 13.1. The molecule has 3 N–H and O–H groups in total. The van der Waals surface area contributed by atoms with E-state index in [-0.39, 0.29) is 32.8 Å². The molecule has 1 aromatic carbocycles. The van der Waals surface area contributed by atoms with Gasteiger partial charge in [-0.3, -0.25) is 9.36 Å². The Morgan fingerprint density at radius 3 is 2.65 bits per heavy atom. The third kappa shape index (κ3) is 2.39. The zero-order valence-electron chi connectivity index (χ0n) is 12.8. The molecule has 132 valence electrons. The van der Waals surface area contributed by atoms with E-state index in [1.54, 1.807) is 0 Å². The molecule has 10 heteroatoms. The molecule has 6 nitrogen and oxygen atoms in total. The second kappa shape index (κ2) is 5.46. The maximum absolute atomic E-state index is 13.1. The summed E-state index contributed by atoms with van der Waals surface area (Å²) >= 11 is 6.18. The third-order valence-electron chi connectivity index (χ3n) is 3.90. The third-order valence-corrected chi connectivity index (χ3v) is 4.20. The molecular formula is C16H9ClF3N5O. The van der Waals surface area contributed by atoms with Crippen LogP contribution in [-0.2, 0) is 6.18 Å². The fourth-order valence-electron chi connectivity index (χ4n) is 2.76. The fourth-order valence-corrected chi connectivity index (χ4v) is 3.03. The number of nitrogens with one attached hydrogen (secondary N) is 1. The van der Waals surface area contributed by atoms with Crippen LogP contribution in [-0.4, -0.2) is 19.5 Å². The number of anilines is 1. The number of aromatic amines is 1. The summed E-state index contributed by atoms with van der Waals surface area (Å²) < 4.78 is 40.4. The average Bonchev–Trinajstić information content (AvgIpc) is 3.05. The van der Waals surface area contributed by atoms with Gasteiger partial charge in [-0.2, -0.15) is 13.2 Å². The Balaban J connectivity index is 2.21. The molecule has 0 aliphatic rings. The highest BCUT2D eigenvalue weighted by Crippen LogP contribution is 2.32. The molecule has 3 heterocycles. The number of benzene rings is 1. The van der Waals surface area contributed by atoms with Crippen molar-refractivity contribution in [2.75, 3.05) is 5.73 Å². The number of nitrogen functional groups attached to an aromatic ring is 1. The molecule has 0 saturated carbocycles. The molecule has 0 unspecified atom stereocenters. The van der Waals surface area contributed by atoms with Crippen LogP contribution >= 0.6 is 11.6 Å². The zero-order chi connectivity index (χ0) is 18.6. The van der Waals surface area contributed by atoms with Crippen molar-refractivity contribution in [1.29, 1.82) is 0 Å². The van der Waals surface area contributed by atoms with Crippen molar-refractivity contribution in [1.82, 2.24) is 19.5 Å². The number of hydrogen-bond acceptors (Lipinski definition) is 4. The number of pyridine rings is 2. The smallest absolute Gasteiger partial charge is 0.399 e. The molecule has 0 radical (unpaired) electrons. The van der Waals surface area contributed by atoms with Gasteiger partial charge in [0.05, 0.1) is 17.0 Å². The highest BCUT2D eigenvalue weighted by Gasteiger charge is 2.33. The van der Waals surface area contributed by atoms with Crippen LogP contribution < -0.4 is 11.3 Å². The minimum absolute atomic E-state index is 0.103. The predicted octanol–water partition coefficient (Wildman–Crippen LogP) is 3.52. The highest BCUT2D eigenvalue weighted by molar-refractivity contribution is 6.32. The average molecular weight is 380 g/mol. The molecule has 26 heavy (non-hydrogen) atoms. The number of nitrogens with zero attached hydrogens (tertiary/aromatic N) is 3. The van der Waals surface area contributed by atoms with Gasteiger partial charge in [0.1, 0.15) is 22.4 Å². The van der Waals surface area contributed by atoms with E-state index >= 15 is 0 Å². The number of aromatic nitrogens is 4. The van der Waals surface area contributed by atoms with Gasteiger partial charge in [-0.1, -0.05) is 11.6 Å². The lowest BCUT2D eigenvalue weighted by molar-refractivity contribution is -0.141. The monoisotopic (exact) mass is 379 g/mol. The molecule has 4 aromatic rings. The standard InChI is InChI=1S/C16H9ClF3N5O/c17-9-5-7(21)1-3-10(9)25-14-8(2-4-11(24-14)16(18,19)20)12-13(15(25)26)23-6-22-12/h1-6H,21H2,(H,22,23). The number of H-pyrrole nitrogens is 1. The Bertz CT molecular complexity index is 1230. The van der Waals surface area contributed by atoms with Crippen molar-refractivity contribution < 1.29 is 13.2 Å². The first-order valence-electron chi connectivity index (χ1n) is 7.29. The second-order valence-corrected chi connectivity index (χ2v) is 5.95. The topological polar surface area (TPSA) is 89.6 Å². The van der Waals surface area contributed by atoms with Crippen LogP contribution in [0.5, 0.6) is 0 Å². The molecule has 0 saturated heterocycles. The first-order chi connectivity index (χ1) is 12.3. The van der Waals surface area contributed by atoms with E-state index in [4.69, 9.17) is 17.3 Å². The van der Waals surface area contributed by atoms with E-state index in [0.717, 1.165) is 10.6 Å². The van der Waals surface area contributed by atoms with E-state index in [9.17, 15) is 18.0 Å². The molecule has 3 aromatic heterocycles. The minimum Gasteiger partial charge on any atom is -0.399 e. The number of nitrogens with two attached hydrogens (primary N) is 1. The van der Waals surface area contributed by atoms with E-state index in [1.165, 1.54) is 30.6 Å². The van der Waals surface area contributed by atoms with Gasteiger partial charge < -0.3 is 10.7 Å². The Labute approximate surface area is 148 Å². The van der Waals surface area contributed by atoms with Crippen LogP contribution in [0.25, 0.3) is 27.8 Å². The van der Waals surface area contributed by atoms with Gasteiger partial charge in [-0.15, -0.1) is 0 Å². The van der Waals surface area contributed by atoms with E-state index in [1.807, 2.05) is 0 Å². The molecular weight excluding hydrogens is 371 g/mol. The molecule has 0 fully saturated rings.